The van der Waals surface area contributed by atoms with Gasteiger partial charge < -0.3 is 39.4 Å². The summed E-state index contributed by atoms with van der Waals surface area (Å²) in [6, 6.07) is 0. The third-order valence-electron chi connectivity index (χ3n) is 9.05. The fourth-order valence-corrected chi connectivity index (χ4v) is 5.71. The molecule has 6 unspecified atom stereocenters. The molecule has 0 amide bonds. The van der Waals surface area contributed by atoms with E-state index in [1.807, 2.05) is 0 Å². The van der Waals surface area contributed by atoms with E-state index < -0.39 is 43.4 Å². The Hall–Kier alpha value is -2.63. The van der Waals surface area contributed by atoms with Gasteiger partial charge in [-0.25, -0.2) is 0 Å². The highest BCUT2D eigenvalue weighted by Crippen LogP contribution is 2.22. The van der Waals surface area contributed by atoms with Crippen LogP contribution in [0.5, 0.6) is 0 Å². The van der Waals surface area contributed by atoms with Gasteiger partial charge >= 0.3 is 5.97 Å². The predicted molar refractivity (Wildman–Crippen MR) is 223 cm³/mol. The van der Waals surface area contributed by atoms with E-state index in [-0.39, 0.29) is 25.6 Å². The molecule has 0 aliphatic carbocycles. The van der Waals surface area contributed by atoms with E-state index in [1.54, 1.807) is 0 Å². The molecule has 0 aromatic heterocycles. The molecule has 6 atom stereocenters. The number of aliphatic hydroxyl groups excluding tert-OH is 4. The quantitative estimate of drug-likeness (QED) is 0.0287. The molecule has 1 heterocycles. The Morgan fingerprint density at radius 3 is 1.67 bits per heavy atom. The maximum atomic E-state index is 12.7. The lowest BCUT2D eigenvalue weighted by Gasteiger charge is -2.39. The first-order chi connectivity index (χ1) is 26.9. The number of allylic oxidation sites excluding steroid dienone is 14. The van der Waals surface area contributed by atoms with Gasteiger partial charge in [0.1, 0.15) is 30.5 Å². The van der Waals surface area contributed by atoms with Crippen molar-refractivity contribution < 1.29 is 44.2 Å². The van der Waals surface area contributed by atoms with Gasteiger partial charge in [0.2, 0.25) is 0 Å². The van der Waals surface area contributed by atoms with Crippen molar-refractivity contribution in [2.75, 3.05) is 26.4 Å². The van der Waals surface area contributed by atoms with E-state index >= 15 is 0 Å². The maximum absolute atomic E-state index is 12.7. The third kappa shape index (κ3) is 28.4. The van der Waals surface area contributed by atoms with E-state index in [0.29, 0.717) is 6.61 Å². The van der Waals surface area contributed by atoms with Crippen molar-refractivity contribution in [1.82, 2.24) is 0 Å². The zero-order valence-corrected chi connectivity index (χ0v) is 34.1. The lowest BCUT2D eigenvalue weighted by Crippen LogP contribution is -2.59. The molecule has 1 saturated heterocycles. The van der Waals surface area contributed by atoms with E-state index in [4.69, 9.17) is 18.9 Å². The van der Waals surface area contributed by atoms with Crippen LogP contribution in [-0.2, 0) is 23.7 Å². The van der Waals surface area contributed by atoms with Crippen molar-refractivity contribution in [2.45, 2.75) is 173 Å². The Kier molecular flexibility index (Phi) is 33.9. The minimum absolute atomic E-state index is 0.104. The molecule has 4 N–H and O–H groups in total. The average molecular weight is 773 g/mol. The molecule has 1 fully saturated rings. The third-order valence-corrected chi connectivity index (χ3v) is 9.05. The van der Waals surface area contributed by atoms with Gasteiger partial charge in [0.05, 0.1) is 19.8 Å². The van der Waals surface area contributed by atoms with Crippen molar-refractivity contribution in [1.29, 1.82) is 0 Å². The minimum atomic E-state index is -1.55. The molecule has 314 valence electrons. The molecule has 1 aliphatic heterocycles. The van der Waals surface area contributed by atoms with Crippen molar-refractivity contribution in [3.63, 3.8) is 0 Å². The number of hydrogen-bond acceptors (Lipinski definition) is 9. The molecule has 1 aliphatic rings. The second kappa shape index (κ2) is 37.0. The number of unbranched alkanes of at least 4 members (excludes halogenated alkanes) is 9. The van der Waals surface area contributed by atoms with Gasteiger partial charge in [-0.15, -0.1) is 0 Å². The zero-order valence-electron chi connectivity index (χ0n) is 34.1. The molecule has 55 heavy (non-hydrogen) atoms. The maximum Gasteiger partial charge on any atom is 0.306 e. The van der Waals surface area contributed by atoms with Gasteiger partial charge in [-0.2, -0.15) is 0 Å². The summed E-state index contributed by atoms with van der Waals surface area (Å²) in [6.07, 6.45) is 41.8. The van der Waals surface area contributed by atoms with Crippen LogP contribution in [-0.4, -0.2) is 89.6 Å². The fourth-order valence-electron chi connectivity index (χ4n) is 5.71. The first-order valence-electron chi connectivity index (χ1n) is 21.2. The number of esters is 1. The van der Waals surface area contributed by atoms with E-state index in [1.165, 1.54) is 12.8 Å². The molecular formula is C46H76O9. The van der Waals surface area contributed by atoms with E-state index in [2.05, 4.69) is 98.9 Å². The Morgan fingerprint density at radius 1 is 0.600 bits per heavy atom. The lowest BCUT2D eigenvalue weighted by atomic mass is 9.99. The van der Waals surface area contributed by atoms with Crippen molar-refractivity contribution >= 4 is 5.97 Å². The Bertz CT molecular complexity index is 1110. The molecule has 0 aromatic carbocycles. The van der Waals surface area contributed by atoms with Gasteiger partial charge in [0, 0.05) is 13.0 Å². The second-order valence-corrected chi connectivity index (χ2v) is 14.0. The van der Waals surface area contributed by atoms with Crippen LogP contribution in [0.15, 0.2) is 85.1 Å². The molecule has 0 bridgehead atoms. The largest absolute Gasteiger partial charge is 0.457 e. The van der Waals surface area contributed by atoms with Crippen LogP contribution in [0.1, 0.15) is 136 Å². The molecular weight excluding hydrogens is 696 g/mol. The first kappa shape index (κ1) is 50.4. The van der Waals surface area contributed by atoms with Crippen molar-refractivity contribution in [3.05, 3.63) is 85.1 Å². The molecule has 9 heteroatoms. The predicted octanol–water partition coefficient (Wildman–Crippen LogP) is 9.08. The topological polar surface area (TPSA) is 135 Å². The highest BCUT2D eigenvalue weighted by Gasteiger charge is 2.44. The monoisotopic (exact) mass is 773 g/mol. The summed E-state index contributed by atoms with van der Waals surface area (Å²) >= 11 is 0. The molecule has 0 saturated carbocycles. The summed E-state index contributed by atoms with van der Waals surface area (Å²) in [7, 11) is 0. The summed E-state index contributed by atoms with van der Waals surface area (Å²) in [4.78, 5) is 12.7. The molecule has 0 spiro atoms. The second-order valence-electron chi connectivity index (χ2n) is 14.0. The van der Waals surface area contributed by atoms with Crippen molar-refractivity contribution in [2.24, 2.45) is 0 Å². The highest BCUT2D eigenvalue weighted by molar-refractivity contribution is 5.69. The average Bonchev–Trinajstić information content (AvgIpc) is 3.18. The Labute approximate surface area is 333 Å². The first-order valence-corrected chi connectivity index (χ1v) is 21.2. The van der Waals surface area contributed by atoms with Crippen LogP contribution < -0.4 is 0 Å². The summed E-state index contributed by atoms with van der Waals surface area (Å²) in [5.74, 6) is -0.348. The Balaban J connectivity index is 2.35. The summed E-state index contributed by atoms with van der Waals surface area (Å²) < 4.78 is 22.7. The number of ether oxygens (including phenoxy) is 4. The van der Waals surface area contributed by atoms with E-state index in [9.17, 15) is 25.2 Å². The summed E-state index contributed by atoms with van der Waals surface area (Å²) in [5, 5.41) is 40.0. The number of rotatable bonds is 34. The minimum Gasteiger partial charge on any atom is -0.457 e. The molecule has 9 nitrogen and oxygen atoms in total. The van der Waals surface area contributed by atoms with Crippen molar-refractivity contribution in [3.8, 4) is 0 Å². The SMILES string of the molecule is CC/C=C\C/C=C\C/C=C\C/C=C\C/C=C\CCCCOCC(COC1OC(CO)C(O)C(O)C1O)OC(=O)CCCCCCC/C=C\C/C=C\CCCC. The summed E-state index contributed by atoms with van der Waals surface area (Å²) in [6.45, 7) is 4.25. The fraction of sp³-hybridized carbons (Fsp3) is 0.674. The number of carbonyl (C=O) groups excluding carboxylic acids is 1. The molecule has 0 aromatic rings. The van der Waals surface area contributed by atoms with Crippen LogP contribution in [0.3, 0.4) is 0 Å². The number of carbonyl (C=O) groups is 1. The standard InChI is InChI=1S/C46H76O9/c1-3-5-7-9-11-13-15-17-19-20-21-22-24-26-28-30-32-34-36-52-38-40(39-53-46-45(51)44(50)43(49)41(37-47)55-46)54-42(48)35-33-31-29-27-25-23-18-16-14-12-10-8-6-4-2/h5,7,10-13,16-19,21-22,26,28,40-41,43-47,49-51H,3-4,6,8-9,14-15,20,23-25,27,29-39H2,1-2H3/b7-5-,12-10-,13-11-,18-16-,19-17-,22-21-,28-26-. The van der Waals surface area contributed by atoms with Crippen LogP contribution in [0.25, 0.3) is 0 Å². The van der Waals surface area contributed by atoms with Gasteiger partial charge in [-0.3, -0.25) is 4.79 Å². The molecule has 0 radical (unpaired) electrons. The smallest absolute Gasteiger partial charge is 0.306 e. The normalized spacial score (nSPS) is 21.6. The van der Waals surface area contributed by atoms with Gasteiger partial charge in [-0.05, 0) is 83.5 Å². The van der Waals surface area contributed by atoms with E-state index in [0.717, 1.165) is 103 Å². The van der Waals surface area contributed by atoms with Crippen LogP contribution in [0.4, 0.5) is 0 Å². The van der Waals surface area contributed by atoms with Crippen LogP contribution in [0, 0.1) is 0 Å². The zero-order chi connectivity index (χ0) is 40.0. The summed E-state index contributed by atoms with van der Waals surface area (Å²) in [5.41, 5.74) is 0. The molecule has 1 rings (SSSR count). The van der Waals surface area contributed by atoms with Gasteiger partial charge in [0.15, 0.2) is 6.29 Å². The Morgan fingerprint density at radius 2 is 1.11 bits per heavy atom. The number of aliphatic hydroxyl groups is 4. The van der Waals surface area contributed by atoms with Crippen LogP contribution in [0.2, 0.25) is 0 Å². The van der Waals surface area contributed by atoms with Gasteiger partial charge in [0.25, 0.3) is 0 Å². The van der Waals surface area contributed by atoms with Gasteiger partial charge in [-0.1, -0.05) is 131 Å². The highest BCUT2D eigenvalue weighted by atomic mass is 16.7. The lowest BCUT2D eigenvalue weighted by molar-refractivity contribution is -0.305. The number of hydrogen-bond donors (Lipinski definition) is 4. The van der Waals surface area contributed by atoms with Crippen LogP contribution >= 0.6 is 0 Å².